The van der Waals surface area contributed by atoms with Crippen LogP contribution in [-0.4, -0.2) is 0 Å². The van der Waals surface area contributed by atoms with Crippen molar-refractivity contribution in [3.05, 3.63) is 224 Å². The van der Waals surface area contributed by atoms with Gasteiger partial charge in [0.1, 0.15) is 11.2 Å². The van der Waals surface area contributed by atoms with E-state index in [4.69, 9.17) is 11.0 Å². The number of fused-ring (bicyclic) bond motifs is 9. The number of rotatable bonds is 6. The van der Waals surface area contributed by atoms with E-state index in [0.717, 1.165) is 83.5 Å². The lowest BCUT2D eigenvalue weighted by atomic mass is 9.90. The lowest BCUT2D eigenvalue weighted by Gasteiger charge is -2.30. The molecule has 1 aliphatic carbocycles. The maximum absolute atomic E-state index is 6.28. The van der Waals surface area contributed by atoms with Crippen LogP contribution in [0.15, 0.2) is 217 Å². The summed E-state index contributed by atoms with van der Waals surface area (Å²) in [4.78, 5) is 4.80. The zero-order valence-electron chi connectivity index (χ0n) is 32.3. The maximum Gasteiger partial charge on any atom is 0.135 e. The van der Waals surface area contributed by atoms with Crippen LogP contribution >= 0.6 is 11.3 Å². The standard InChI is InChI=1S/C55H38N2OS/c1-37-17-5-2-10-22-40(56(38-18-6-3-7-19-38)41-29-31-53-49(34-41)45-25-13-15-27-52(45)58-53)33-48-43-23-11-12-24-44(43)51(36-47(37)48)57(39-20-8-4-9-21-39)42-30-32-55-50(35-42)46-26-14-16-28-54(46)59-55/h2-21,23-36H,1,22H2/b10-2-,17-5-,40-33+. The molecule has 0 atom stereocenters. The fourth-order valence-corrected chi connectivity index (χ4v) is 9.75. The smallest absolute Gasteiger partial charge is 0.135 e. The van der Waals surface area contributed by atoms with Crippen molar-refractivity contribution in [1.29, 1.82) is 0 Å². The van der Waals surface area contributed by atoms with Gasteiger partial charge in [0.05, 0.1) is 5.69 Å². The highest BCUT2D eigenvalue weighted by Gasteiger charge is 2.23. The van der Waals surface area contributed by atoms with Gasteiger partial charge in [-0.3, -0.25) is 0 Å². The van der Waals surface area contributed by atoms with Crippen molar-refractivity contribution in [3.63, 3.8) is 0 Å². The molecule has 0 amide bonds. The fourth-order valence-electron chi connectivity index (χ4n) is 8.66. The normalized spacial score (nSPS) is 15.0. The molecular formula is C55H38N2OS. The van der Waals surface area contributed by atoms with E-state index in [1.165, 1.54) is 20.2 Å². The number of furan rings is 1. The second kappa shape index (κ2) is 14.5. The minimum Gasteiger partial charge on any atom is -0.456 e. The van der Waals surface area contributed by atoms with Crippen LogP contribution in [0, 0.1) is 0 Å². The summed E-state index contributed by atoms with van der Waals surface area (Å²) in [7, 11) is 0. The molecule has 0 saturated heterocycles. The summed E-state index contributed by atoms with van der Waals surface area (Å²) in [5.74, 6) is 0. The van der Waals surface area contributed by atoms with E-state index in [-0.39, 0.29) is 0 Å². The maximum atomic E-state index is 6.28. The van der Waals surface area contributed by atoms with Crippen molar-refractivity contribution in [2.45, 2.75) is 6.42 Å². The number of hydrogen-bond acceptors (Lipinski definition) is 4. The molecule has 2 aromatic heterocycles. The highest BCUT2D eigenvalue weighted by molar-refractivity contribution is 7.25. The number of benzene rings is 8. The molecule has 2 heterocycles. The summed E-state index contributed by atoms with van der Waals surface area (Å²) < 4.78 is 8.86. The minimum atomic E-state index is 0.705. The fraction of sp³-hybridized carbons (Fsp3) is 0.0182. The topological polar surface area (TPSA) is 19.6 Å². The minimum absolute atomic E-state index is 0.705. The van der Waals surface area contributed by atoms with E-state index in [9.17, 15) is 0 Å². The first-order valence-corrected chi connectivity index (χ1v) is 20.8. The van der Waals surface area contributed by atoms with Crippen molar-refractivity contribution in [3.8, 4) is 0 Å². The molecule has 0 unspecified atom stereocenters. The molecule has 11 rings (SSSR count). The number of nitrogens with zero attached hydrogens (tertiary/aromatic N) is 2. The summed E-state index contributed by atoms with van der Waals surface area (Å²) in [5, 5.41) is 7.06. The molecule has 0 fully saturated rings. The van der Waals surface area contributed by atoms with E-state index in [1.807, 2.05) is 23.5 Å². The number of anilines is 5. The van der Waals surface area contributed by atoms with Crippen LogP contribution in [-0.2, 0) is 0 Å². The first-order chi connectivity index (χ1) is 29.2. The molecule has 4 heteroatoms. The molecule has 0 saturated carbocycles. The predicted octanol–water partition coefficient (Wildman–Crippen LogP) is 16.3. The molecule has 0 radical (unpaired) electrons. The molecule has 0 spiro atoms. The second-order valence-electron chi connectivity index (χ2n) is 15.0. The molecule has 10 aromatic rings. The van der Waals surface area contributed by atoms with Gasteiger partial charge in [-0.1, -0.05) is 128 Å². The lowest BCUT2D eigenvalue weighted by Crippen LogP contribution is -2.16. The van der Waals surface area contributed by atoms with E-state index < -0.39 is 0 Å². The molecule has 280 valence electrons. The van der Waals surface area contributed by atoms with Crippen molar-refractivity contribution in [2.24, 2.45) is 0 Å². The Balaban J connectivity index is 1.16. The summed E-state index contributed by atoms with van der Waals surface area (Å²) in [5.41, 5.74) is 11.5. The summed E-state index contributed by atoms with van der Waals surface area (Å²) >= 11 is 1.85. The number of hydrogen-bond donors (Lipinski definition) is 0. The number of allylic oxidation sites excluding steroid dienone is 5. The Morgan fingerprint density at radius 1 is 0.475 bits per heavy atom. The van der Waals surface area contributed by atoms with Gasteiger partial charge in [0.15, 0.2) is 0 Å². The van der Waals surface area contributed by atoms with Gasteiger partial charge in [-0.25, -0.2) is 0 Å². The van der Waals surface area contributed by atoms with Gasteiger partial charge in [-0.2, -0.15) is 0 Å². The Morgan fingerprint density at radius 2 is 1.08 bits per heavy atom. The largest absolute Gasteiger partial charge is 0.456 e. The molecule has 0 bridgehead atoms. The second-order valence-corrected chi connectivity index (χ2v) is 16.0. The van der Waals surface area contributed by atoms with Crippen molar-refractivity contribution in [2.75, 3.05) is 9.80 Å². The van der Waals surface area contributed by atoms with Crippen LogP contribution in [0.2, 0.25) is 0 Å². The molecule has 0 aliphatic heterocycles. The Morgan fingerprint density at radius 3 is 1.90 bits per heavy atom. The Labute approximate surface area is 347 Å². The van der Waals surface area contributed by atoms with Crippen molar-refractivity contribution < 1.29 is 4.42 Å². The third-order valence-corrected chi connectivity index (χ3v) is 12.5. The van der Waals surface area contributed by atoms with E-state index in [2.05, 4.69) is 204 Å². The Bertz CT molecular complexity index is 3330. The van der Waals surface area contributed by atoms with Crippen LogP contribution in [0.3, 0.4) is 0 Å². The average molecular weight is 775 g/mol. The van der Waals surface area contributed by atoms with Gasteiger partial charge >= 0.3 is 0 Å². The SMILES string of the molecule is C=C1/C=C\C=C/C/C(N(c2ccccc2)c2ccc3oc4ccccc4c3c2)=C\c2c1cc(N(c1ccccc1)c1ccc3sc4ccccc4c3c1)c1ccccc21. The first-order valence-electron chi connectivity index (χ1n) is 20.0. The molecule has 59 heavy (non-hydrogen) atoms. The summed E-state index contributed by atoms with van der Waals surface area (Å²) in [6.45, 7) is 4.70. The van der Waals surface area contributed by atoms with Gasteiger partial charge in [0.2, 0.25) is 0 Å². The van der Waals surface area contributed by atoms with E-state index >= 15 is 0 Å². The average Bonchev–Trinajstić information content (AvgIpc) is 3.85. The molecule has 8 aromatic carbocycles. The zero-order chi connectivity index (χ0) is 39.3. The number of thiophene rings is 1. The highest BCUT2D eigenvalue weighted by Crippen LogP contribution is 2.46. The molecule has 0 N–H and O–H groups in total. The quantitative estimate of drug-likeness (QED) is 0.168. The summed E-state index contributed by atoms with van der Waals surface area (Å²) in [6, 6.07) is 63.0. The predicted molar refractivity (Wildman–Crippen MR) is 254 cm³/mol. The van der Waals surface area contributed by atoms with E-state index in [1.54, 1.807) is 0 Å². The van der Waals surface area contributed by atoms with E-state index in [0.29, 0.717) is 6.42 Å². The van der Waals surface area contributed by atoms with Gasteiger partial charge in [-0.05, 0) is 107 Å². The third kappa shape index (κ3) is 6.13. The Hall–Kier alpha value is -7.40. The Kier molecular flexibility index (Phi) is 8.57. The third-order valence-electron chi connectivity index (χ3n) is 11.4. The zero-order valence-corrected chi connectivity index (χ0v) is 33.1. The van der Waals surface area contributed by atoms with Crippen LogP contribution in [0.5, 0.6) is 0 Å². The van der Waals surface area contributed by atoms with Gasteiger partial charge in [0.25, 0.3) is 0 Å². The summed E-state index contributed by atoms with van der Waals surface area (Å²) in [6.07, 6.45) is 11.7. The van der Waals surface area contributed by atoms with Crippen LogP contribution in [0.1, 0.15) is 17.5 Å². The monoisotopic (exact) mass is 774 g/mol. The van der Waals surface area contributed by atoms with Gasteiger partial charge in [-0.15, -0.1) is 11.3 Å². The molecule has 3 nitrogen and oxygen atoms in total. The van der Waals surface area contributed by atoms with Gasteiger partial charge < -0.3 is 14.2 Å². The highest BCUT2D eigenvalue weighted by atomic mass is 32.1. The number of para-hydroxylation sites is 3. The van der Waals surface area contributed by atoms with Gasteiger partial charge in [0, 0.05) is 71.2 Å². The molecule has 1 aliphatic rings. The van der Waals surface area contributed by atoms with Crippen LogP contribution < -0.4 is 9.80 Å². The molecular weight excluding hydrogens is 737 g/mol. The van der Waals surface area contributed by atoms with Crippen molar-refractivity contribution >= 4 is 104 Å². The van der Waals surface area contributed by atoms with Crippen LogP contribution in [0.4, 0.5) is 28.4 Å². The lowest BCUT2D eigenvalue weighted by molar-refractivity contribution is 0.669. The first kappa shape index (κ1) is 34.8. The van der Waals surface area contributed by atoms with Crippen molar-refractivity contribution in [1.82, 2.24) is 0 Å². The van der Waals surface area contributed by atoms with Crippen LogP contribution in [0.25, 0.3) is 64.5 Å².